The van der Waals surface area contributed by atoms with Crippen molar-refractivity contribution < 1.29 is 0 Å². The molecule has 0 atom stereocenters. The minimum atomic E-state index is 0.740. The van der Waals surface area contributed by atoms with Crippen molar-refractivity contribution in [2.45, 2.75) is 0 Å². The van der Waals surface area contributed by atoms with Crippen LogP contribution in [-0.2, 0) is 0 Å². The summed E-state index contributed by atoms with van der Waals surface area (Å²) in [6.45, 7) is 0. The fraction of sp³-hybridized carbons (Fsp3) is 0. The summed E-state index contributed by atoms with van der Waals surface area (Å²) in [6.07, 6.45) is 0. The van der Waals surface area contributed by atoms with E-state index in [0.717, 1.165) is 16.1 Å². The highest BCUT2D eigenvalue weighted by atomic mass is 35.5. The predicted octanol–water partition coefficient (Wildman–Crippen LogP) is 9.92. The van der Waals surface area contributed by atoms with E-state index < -0.39 is 0 Å². The molecule has 1 nitrogen and oxygen atoms in total. The molecule has 0 saturated carbocycles. The average Bonchev–Trinajstić information content (AvgIpc) is 3.27. The topological polar surface area (TPSA) is 4.93 Å². The van der Waals surface area contributed by atoms with E-state index in [9.17, 15) is 0 Å². The first-order valence-electron chi connectivity index (χ1n) is 12.2. The van der Waals surface area contributed by atoms with Crippen LogP contribution in [-0.4, -0.2) is 4.57 Å². The van der Waals surface area contributed by atoms with E-state index in [-0.39, 0.29) is 0 Å². The molecule has 7 aromatic rings. The smallest absolute Gasteiger partial charge is 0.0541 e. The van der Waals surface area contributed by atoms with E-state index >= 15 is 0 Å². The Kier molecular flexibility index (Phi) is 4.90. The van der Waals surface area contributed by atoms with Gasteiger partial charge in [0.2, 0.25) is 0 Å². The van der Waals surface area contributed by atoms with E-state index in [1.54, 1.807) is 0 Å². The zero-order valence-electron chi connectivity index (χ0n) is 19.5. The van der Waals surface area contributed by atoms with Gasteiger partial charge in [-0.05, 0) is 58.0 Å². The molecule has 0 fully saturated rings. The molecule has 1 aromatic heterocycles. The first kappa shape index (κ1) is 21.0. The summed E-state index contributed by atoms with van der Waals surface area (Å²) < 4.78 is 2.40. The molecule has 170 valence electrons. The van der Waals surface area contributed by atoms with Crippen molar-refractivity contribution in [3.63, 3.8) is 0 Å². The maximum Gasteiger partial charge on any atom is 0.0541 e. The number of halogens is 1. The second-order valence-corrected chi connectivity index (χ2v) is 9.54. The van der Waals surface area contributed by atoms with Crippen LogP contribution in [0.2, 0.25) is 5.02 Å². The number of hydrogen-bond acceptors (Lipinski definition) is 0. The molecular weight excluding hydrogens is 458 g/mol. The number of hydrogen-bond donors (Lipinski definition) is 0. The molecule has 36 heavy (non-hydrogen) atoms. The standard InChI is InChI=1S/C34H22ClN/c35-24-18-19-27(31(22-24)23-10-2-1-3-11-23)26-20-21-34(28-13-5-4-12-25(26)28)36-32-16-8-6-14-29(32)30-15-7-9-17-33(30)36/h1-22H. The minimum Gasteiger partial charge on any atom is -0.309 e. The van der Waals surface area contributed by atoms with Crippen LogP contribution in [0.15, 0.2) is 133 Å². The van der Waals surface area contributed by atoms with Gasteiger partial charge in [0.05, 0.1) is 16.7 Å². The Labute approximate surface area is 214 Å². The van der Waals surface area contributed by atoms with Gasteiger partial charge in [0, 0.05) is 21.2 Å². The highest BCUT2D eigenvalue weighted by molar-refractivity contribution is 6.31. The lowest BCUT2D eigenvalue weighted by Gasteiger charge is -2.17. The number of rotatable bonds is 3. The van der Waals surface area contributed by atoms with Gasteiger partial charge in [0.25, 0.3) is 0 Å². The van der Waals surface area contributed by atoms with Gasteiger partial charge < -0.3 is 4.57 Å². The van der Waals surface area contributed by atoms with E-state index in [0.29, 0.717) is 0 Å². The first-order chi connectivity index (χ1) is 17.8. The van der Waals surface area contributed by atoms with Crippen molar-refractivity contribution in [2.24, 2.45) is 0 Å². The molecule has 6 aromatic carbocycles. The Morgan fingerprint density at radius 3 is 1.67 bits per heavy atom. The Hall–Kier alpha value is -4.33. The molecule has 0 aliphatic carbocycles. The molecule has 0 unspecified atom stereocenters. The van der Waals surface area contributed by atoms with Crippen LogP contribution in [0.4, 0.5) is 0 Å². The lowest BCUT2D eigenvalue weighted by atomic mass is 9.91. The number of aromatic nitrogens is 1. The molecule has 0 radical (unpaired) electrons. The quantitative estimate of drug-likeness (QED) is 0.237. The lowest BCUT2D eigenvalue weighted by Crippen LogP contribution is -1.96. The maximum atomic E-state index is 6.47. The Morgan fingerprint density at radius 1 is 0.417 bits per heavy atom. The Balaban J connectivity index is 1.54. The summed E-state index contributed by atoms with van der Waals surface area (Å²) in [6, 6.07) is 47.2. The number of fused-ring (bicyclic) bond motifs is 4. The van der Waals surface area contributed by atoms with Gasteiger partial charge >= 0.3 is 0 Å². The summed E-state index contributed by atoms with van der Waals surface area (Å²) in [7, 11) is 0. The van der Waals surface area contributed by atoms with E-state index in [1.807, 2.05) is 12.1 Å². The monoisotopic (exact) mass is 479 g/mol. The van der Waals surface area contributed by atoms with Crippen LogP contribution in [0.5, 0.6) is 0 Å². The summed E-state index contributed by atoms with van der Waals surface area (Å²) in [5.74, 6) is 0. The van der Waals surface area contributed by atoms with Crippen LogP contribution < -0.4 is 0 Å². The number of nitrogens with zero attached hydrogens (tertiary/aromatic N) is 1. The van der Waals surface area contributed by atoms with Crippen LogP contribution in [0, 0.1) is 0 Å². The largest absolute Gasteiger partial charge is 0.309 e. The highest BCUT2D eigenvalue weighted by Gasteiger charge is 2.17. The summed E-state index contributed by atoms with van der Waals surface area (Å²) in [5.41, 5.74) is 8.28. The van der Waals surface area contributed by atoms with Crippen molar-refractivity contribution in [1.29, 1.82) is 0 Å². The number of para-hydroxylation sites is 2. The average molecular weight is 480 g/mol. The molecule has 0 spiro atoms. The Morgan fingerprint density at radius 2 is 0.972 bits per heavy atom. The first-order valence-corrected chi connectivity index (χ1v) is 12.5. The van der Waals surface area contributed by atoms with Crippen LogP contribution in [0.3, 0.4) is 0 Å². The third-order valence-corrected chi connectivity index (χ3v) is 7.31. The van der Waals surface area contributed by atoms with Crippen molar-refractivity contribution in [3.8, 4) is 27.9 Å². The fourth-order valence-electron chi connectivity index (χ4n) is 5.50. The molecule has 1 heterocycles. The van der Waals surface area contributed by atoms with E-state index in [1.165, 1.54) is 49.4 Å². The molecule has 0 bridgehead atoms. The van der Waals surface area contributed by atoms with Gasteiger partial charge in [-0.3, -0.25) is 0 Å². The molecule has 0 N–H and O–H groups in total. The van der Waals surface area contributed by atoms with E-state index in [4.69, 9.17) is 11.6 Å². The van der Waals surface area contributed by atoms with Gasteiger partial charge in [-0.15, -0.1) is 0 Å². The van der Waals surface area contributed by atoms with Crippen molar-refractivity contribution >= 4 is 44.2 Å². The molecule has 0 aliphatic rings. The minimum absolute atomic E-state index is 0.740. The summed E-state index contributed by atoms with van der Waals surface area (Å²) in [5, 5.41) is 5.71. The fourth-order valence-corrected chi connectivity index (χ4v) is 5.68. The molecule has 0 amide bonds. The molecular formula is C34H22ClN. The lowest BCUT2D eigenvalue weighted by molar-refractivity contribution is 1.20. The molecule has 2 heteroatoms. The van der Waals surface area contributed by atoms with Crippen molar-refractivity contribution in [3.05, 3.63) is 138 Å². The third kappa shape index (κ3) is 3.25. The summed E-state index contributed by atoms with van der Waals surface area (Å²) >= 11 is 6.47. The second kappa shape index (κ2) is 8.41. The highest BCUT2D eigenvalue weighted by Crippen LogP contribution is 2.41. The van der Waals surface area contributed by atoms with Crippen molar-refractivity contribution in [1.82, 2.24) is 4.57 Å². The molecule has 0 saturated heterocycles. The van der Waals surface area contributed by atoms with Gasteiger partial charge in [0.1, 0.15) is 0 Å². The Bertz CT molecular complexity index is 1840. The van der Waals surface area contributed by atoms with Crippen LogP contribution in [0.25, 0.3) is 60.5 Å². The van der Waals surface area contributed by atoms with Gasteiger partial charge in [0.15, 0.2) is 0 Å². The normalized spacial score (nSPS) is 11.5. The van der Waals surface area contributed by atoms with Crippen LogP contribution >= 0.6 is 11.6 Å². The molecule has 7 rings (SSSR count). The predicted molar refractivity (Wildman–Crippen MR) is 154 cm³/mol. The zero-order chi connectivity index (χ0) is 24.1. The summed E-state index contributed by atoms with van der Waals surface area (Å²) in [4.78, 5) is 0. The van der Waals surface area contributed by atoms with Gasteiger partial charge in [-0.25, -0.2) is 0 Å². The molecule has 0 aliphatic heterocycles. The zero-order valence-corrected chi connectivity index (χ0v) is 20.3. The second-order valence-electron chi connectivity index (χ2n) is 9.10. The van der Waals surface area contributed by atoms with E-state index in [2.05, 4.69) is 126 Å². The van der Waals surface area contributed by atoms with Gasteiger partial charge in [-0.1, -0.05) is 115 Å². The SMILES string of the molecule is Clc1ccc(-c2ccc(-n3c4ccccc4c4ccccc43)c3ccccc23)c(-c2ccccc2)c1. The maximum absolute atomic E-state index is 6.47. The van der Waals surface area contributed by atoms with Gasteiger partial charge in [-0.2, -0.15) is 0 Å². The third-order valence-electron chi connectivity index (χ3n) is 7.08. The number of benzene rings is 6. The van der Waals surface area contributed by atoms with Crippen LogP contribution in [0.1, 0.15) is 0 Å². The van der Waals surface area contributed by atoms with Crippen molar-refractivity contribution in [2.75, 3.05) is 0 Å².